The van der Waals surface area contributed by atoms with Gasteiger partial charge in [-0.25, -0.2) is 0 Å². The van der Waals surface area contributed by atoms with Gasteiger partial charge in [0.25, 0.3) is 0 Å². The zero-order chi connectivity index (χ0) is 21.7. The molecule has 30 heavy (non-hydrogen) atoms. The van der Waals surface area contributed by atoms with Crippen LogP contribution in [0.4, 0.5) is 11.4 Å². The average Bonchev–Trinajstić information content (AvgIpc) is 2.77. The number of hydrogen-bond acceptors (Lipinski definition) is 3. The maximum atomic E-state index is 6.00. The summed E-state index contributed by atoms with van der Waals surface area (Å²) in [6, 6.07) is 8.50. The molecule has 174 valence electrons. The van der Waals surface area contributed by atoms with E-state index in [1.165, 1.54) is 102 Å². The van der Waals surface area contributed by atoms with Gasteiger partial charge >= 0.3 is 0 Å². The van der Waals surface area contributed by atoms with Gasteiger partial charge in [0.05, 0.1) is 18.0 Å². The van der Waals surface area contributed by atoms with Crippen LogP contribution in [0.15, 0.2) is 24.3 Å². The fraction of sp³-hybridized carbons (Fsp3) is 0.778. The SMILES string of the molecule is CCCCCCCCCCNc1ccccc1N(C)OCCCCCCCCCC. The van der Waals surface area contributed by atoms with Crippen LogP contribution < -0.4 is 10.4 Å². The fourth-order valence-corrected chi connectivity index (χ4v) is 3.89. The summed E-state index contributed by atoms with van der Waals surface area (Å²) in [7, 11) is 2.03. The minimum atomic E-state index is 0.803. The number of para-hydroxylation sites is 2. The highest BCUT2D eigenvalue weighted by Crippen LogP contribution is 2.25. The zero-order valence-electron chi connectivity index (χ0n) is 20.4. The molecule has 1 aromatic carbocycles. The Balaban J connectivity index is 2.14. The molecule has 0 atom stereocenters. The molecule has 0 radical (unpaired) electrons. The molecule has 0 heterocycles. The number of rotatable bonds is 21. The van der Waals surface area contributed by atoms with Gasteiger partial charge in [0.1, 0.15) is 0 Å². The van der Waals surface area contributed by atoms with Gasteiger partial charge in [0.15, 0.2) is 0 Å². The van der Waals surface area contributed by atoms with Crippen molar-refractivity contribution < 1.29 is 4.84 Å². The monoisotopic (exact) mass is 418 g/mol. The topological polar surface area (TPSA) is 24.5 Å². The Morgan fingerprint density at radius 2 is 1.17 bits per heavy atom. The van der Waals surface area contributed by atoms with Crippen molar-refractivity contribution in [3.63, 3.8) is 0 Å². The Labute approximate surface area is 187 Å². The maximum Gasteiger partial charge on any atom is 0.0864 e. The van der Waals surface area contributed by atoms with E-state index in [4.69, 9.17) is 4.84 Å². The van der Waals surface area contributed by atoms with Crippen LogP contribution in [0.5, 0.6) is 0 Å². The van der Waals surface area contributed by atoms with E-state index in [-0.39, 0.29) is 0 Å². The molecule has 1 rings (SSSR count). The fourth-order valence-electron chi connectivity index (χ4n) is 3.89. The molecular formula is C27H50N2O. The minimum absolute atomic E-state index is 0.803. The molecule has 1 aromatic rings. The number of hydroxylamine groups is 1. The van der Waals surface area contributed by atoms with E-state index < -0.39 is 0 Å². The van der Waals surface area contributed by atoms with Gasteiger partial charge < -0.3 is 5.32 Å². The molecular weight excluding hydrogens is 368 g/mol. The van der Waals surface area contributed by atoms with E-state index in [9.17, 15) is 0 Å². The van der Waals surface area contributed by atoms with E-state index in [0.29, 0.717) is 0 Å². The van der Waals surface area contributed by atoms with Crippen molar-refractivity contribution in [2.75, 3.05) is 30.6 Å². The van der Waals surface area contributed by atoms with Crippen molar-refractivity contribution in [2.45, 2.75) is 117 Å². The lowest BCUT2D eigenvalue weighted by Gasteiger charge is -2.22. The van der Waals surface area contributed by atoms with Crippen LogP contribution in [-0.4, -0.2) is 20.2 Å². The predicted molar refractivity (Wildman–Crippen MR) is 135 cm³/mol. The Bertz CT molecular complexity index is 492. The van der Waals surface area contributed by atoms with E-state index >= 15 is 0 Å². The van der Waals surface area contributed by atoms with Gasteiger partial charge in [-0.3, -0.25) is 9.90 Å². The molecule has 0 aliphatic carbocycles. The molecule has 0 saturated heterocycles. The lowest BCUT2D eigenvalue weighted by Crippen LogP contribution is -2.20. The van der Waals surface area contributed by atoms with Crippen molar-refractivity contribution in [1.29, 1.82) is 0 Å². The standard InChI is InChI=1S/C27H50N2O/c1-4-6-8-10-12-14-16-20-24-28-26-22-18-19-23-27(26)29(3)30-25-21-17-15-13-11-9-7-5-2/h18-19,22-23,28H,4-17,20-21,24-25H2,1-3H3. The Morgan fingerprint density at radius 3 is 1.77 bits per heavy atom. The molecule has 0 aliphatic rings. The largest absolute Gasteiger partial charge is 0.383 e. The highest BCUT2D eigenvalue weighted by molar-refractivity contribution is 5.68. The van der Waals surface area contributed by atoms with Crippen molar-refractivity contribution in [1.82, 2.24) is 0 Å². The van der Waals surface area contributed by atoms with Crippen molar-refractivity contribution >= 4 is 11.4 Å². The summed E-state index contributed by atoms with van der Waals surface area (Å²) >= 11 is 0. The van der Waals surface area contributed by atoms with Crippen molar-refractivity contribution in [2.24, 2.45) is 0 Å². The van der Waals surface area contributed by atoms with Crippen LogP contribution in [0, 0.1) is 0 Å². The highest BCUT2D eigenvalue weighted by atomic mass is 16.7. The summed E-state index contributed by atoms with van der Waals surface area (Å²) in [6.07, 6.45) is 21.5. The van der Waals surface area contributed by atoms with Crippen LogP contribution in [-0.2, 0) is 4.84 Å². The molecule has 0 spiro atoms. The number of benzene rings is 1. The van der Waals surface area contributed by atoms with Gasteiger partial charge in [0, 0.05) is 13.6 Å². The molecule has 0 bridgehead atoms. The van der Waals surface area contributed by atoms with Gasteiger partial charge in [0.2, 0.25) is 0 Å². The van der Waals surface area contributed by atoms with Gasteiger partial charge in [-0.1, -0.05) is 116 Å². The average molecular weight is 419 g/mol. The number of nitrogens with zero attached hydrogens (tertiary/aromatic N) is 1. The number of nitrogens with one attached hydrogen (secondary N) is 1. The number of anilines is 2. The second-order valence-corrected chi connectivity index (χ2v) is 8.72. The van der Waals surface area contributed by atoms with E-state index in [2.05, 4.69) is 43.4 Å². The van der Waals surface area contributed by atoms with Crippen LogP contribution in [0.3, 0.4) is 0 Å². The first-order chi connectivity index (χ1) is 14.8. The third-order valence-electron chi connectivity index (χ3n) is 5.87. The van der Waals surface area contributed by atoms with Crippen LogP contribution in [0.25, 0.3) is 0 Å². The van der Waals surface area contributed by atoms with Crippen LogP contribution in [0.2, 0.25) is 0 Å². The first-order valence-corrected chi connectivity index (χ1v) is 13.0. The van der Waals surface area contributed by atoms with Crippen LogP contribution >= 0.6 is 0 Å². The first kappa shape index (κ1) is 26.8. The Hall–Kier alpha value is -1.22. The molecule has 3 heteroatoms. The number of hydrogen-bond donors (Lipinski definition) is 1. The van der Waals surface area contributed by atoms with Gasteiger partial charge in [-0.2, -0.15) is 0 Å². The zero-order valence-corrected chi connectivity index (χ0v) is 20.4. The predicted octanol–water partition coefficient (Wildman–Crippen LogP) is 8.75. The molecule has 1 N–H and O–H groups in total. The van der Waals surface area contributed by atoms with Crippen LogP contribution in [0.1, 0.15) is 117 Å². The Morgan fingerprint density at radius 1 is 0.667 bits per heavy atom. The summed E-state index contributed by atoms with van der Waals surface area (Å²) in [5.41, 5.74) is 2.32. The lowest BCUT2D eigenvalue weighted by atomic mass is 10.1. The maximum absolute atomic E-state index is 6.00. The van der Waals surface area contributed by atoms with E-state index in [1.807, 2.05) is 12.1 Å². The molecule has 0 unspecified atom stereocenters. The summed E-state index contributed by atoms with van der Waals surface area (Å²) < 4.78 is 0. The molecule has 3 nitrogen and oxygen atoms in total. The third kappa shape index (κ3) is 13.9. The molecule has 0 saturated carbocycles. The molecule has 0 aromatic heterocycles. The minimum Gasteiger partial charge on any atom is -0.383 e. The quantitative estimate of drug-likeness (QED) is 0.159. The number of unbranched alkanes of at least 4 members (excludes halogenated alkanes) is 14. The van der Waals surface area contributed by atoms with Crippen molar-refractivity contribution in [3.05, 3.63) is 24.3 Å². The molecule has 0 aliphatic heterocycles. The summed E-state index contributed by atoms with van der Waals surface area (Å²) in [5, 5.41) is 5.56. The summed E-state index contributed by atoms with van der Waals surface area (Å²) in [6.45, 7) is 6.40. The summed E-state index contributed by atoms with van der Waals surface area (Å²) in [4.78, 5) is 6.00. The first-order valence-electron chi connectivity index (χ1n) is 13.0. The van der Waals surface area contributed by atoms with Crippen molar-refractivity contribution in [3.8, 4) is 0 Å². The van der Waals surface area contributed by atoms with E-state index in [1.54, 1.807) is 0 Å². The normalized spacial score (nSPS) is 11.0. The second kappa shape index (κ2) is 19.7. The van der Waals surface area contributed by atoms with Gasteiger partial charge in [-0.05, 0) is 25.0 Å². The second-order valence-electron chi connectivity index (χ2n) is 8.72. The molecule has 0 fully saturated rings. The lowest BCUT2D eigenvalue weighted by molar-refractivity contribution is 0.118. The molecule has 0 amide bonds. The van der Waals surface area contributed by atoms with E-state index in [0.717, 1.165) is 25.3 Å². The van der Waals surface area contributed by atoms with Gasteiger partial charge in [-0.15, -0.1) is 0 Å². The smallest absolute Gasteiger partial charge is 0.0864 e. The third-order valence-corrected chi connectivity index (χ3v) is 5.87. The Kier molecular flexibility index (Phi) is 17.6. The summed E-state index contributed by atoms with van der Waals surface area (Å²) in [5.74, 6) is 0. The highest BCUT2D eigenvalue weighted by Gasteiger charge is 2.07.